The monoisotopic (exact) mass is 459 g/mol. The van der Waals surface area contributed by atoms with Crippen molar-refractivity contribution in [1.82, 2.24) is 5.32 Å². The van der Waals surface area contributed by atoms with Gasteiger partial charge in [0.1, 0.15) is 11.3 Å². The lowest BCUT2D eigenvalue weighted by Gasteiger charge is -2.26. The first-order chi connectivity index (χ1) is 13.8. The van der Waals surface area contributed by atoms with Gasteiger partial charge in [0.15, 0.2) is 0 Å². The zero-order chi connectivity index (χ0) is 21.1. The SMILES string of the molecule is CCOc1cc(Br)cc(/C=C2\C(=O)NC(=O)N(c3cccc([N+](=O)[O-])c3)C2=O)c1. The Balaban J connectivity index is 2.02. The van der Waals surface area contributed by atoms with Gasteiger partial charge in [-0.1, -0.05) is 22.0 Å². The standard InChI is InChI=1S/C19H14BrN3O6/c1-2-29-15-7-11(6-12(20)9-15)8-16-17(24)21-19(26)22(18(16)25)13-4-3-5-14(10-13)23(27)28/h3-10H,2H2,1H3,(H,21,24,26)/b16-8+. The Bertz CT molecular complexity index is 1070. The summed E-state index contributed by atoms with van der Waals surface area (Å²) in [4.78, 5) is 48.4. The Morgan fingerprint density at radius 2 is 1.97 bits per heavy atom. The molecule has 0 unspecified atom stereocenters. The van der Waals surface area contributed by atoms with Crippen LogP contribution in [0.1, 0.15) is 12.5 Å². The van der Waals surface area contributed by atoms with E-state index in [2.05, 4.69) is 21.2 Å². The molecule has 1 heterocycles. The number of nitro groups is 1. The Morgan fingerprint density at radius 3 is 2.66 bits per heavy atom. The summed E-state index contributed by atoms with van der Waals surface area (Å²) >= 11 is 3.33. The molecule has 9 nitrogen and oxygen atoms in total. The highest BCUT2D eigenvalue weighted by Gasteiger charge is 2.37. The quantitative estimate of drug-likeness (QED) is 0.316. The average Bonchev–Trinajstić information content (AvgIpc) is 2.65. The van der Waals surface area contributed by atoms with Gasteiger partial charge in [0.2, 0.25) is 0 Å². The zero-order valence-corrected chi connectivity index (χ0v) is 16.6. The highest BCUT2D eigenvalue weighted by atomic mass is 79.9. The number of barbiturate groups is 1. The molecule has 2 aromatic rings. The highest BCUT2D eigenvalue weighted by molar-refractivity contribution is 9.10. The van der Waals surface area contributed by atoms with Crippen LogP contribution in [0, 0.1) is 10.1 Å². The maximum absolute atomic E-state index is 12.9. The molecule has 0 aromatic heterocycles. The van der Waals surface area contributed by atoms with Gasteiger partial charge < -0.3 is 4.74 Å². The molecule has 2 aromatic carbocycles. The Labute approximate surface area is 173 Å². The van der Waals surface area contributed by atoms with Crippen LogP contribution >= 0.6 is 15.9 Å². The van der Waals surface area contributed by atoms with Gasteiger partial charge in [0.05, 0.1) is 17.2 Å². The summed E-state index contributed by atoms with van der Waals surface area (Å²) in [5.41, 5.74) is -0.116. The number of carbonyl (C=O) groups excluding carboxylic acids is 3. The van der Waals surface area contributed by atoms with E-state index < -0.39 is 22.8 Å². The molecular weight excluding hydrogens is 446 g/mol. The van der Waals surface area contributed by atoms with Crippen molar-refractivity contribution in [3.63, 3.8) is 0 Å². The van der Waals surface area contributed by atoms with Gasteiger partial charge in [-0.2, -0.15) is 0 Å². The van der Waals surface area contributed by atoms with Gasteiger partial charge in [0, 0.05) is 16.6 Å². The fourth-order valence-electron chi connectivity index (χ4n) is 2.72. The number of hydrogen-bond donors (Lipinski definition) is 1. The number of amides is 4. The second-order valence-electron chi connectivity index (χ2n) is 5.89. The third-order valence-electron chi connectivity index (χ3n) is 3.92. The molecule has 1 fully saturated rings. The number of benzene rings is 2. The van der Waals surface area contributed by atoms with Gasteiger partial charge >= 0.3 is 6.03 Å². The number of halogens is 1. The summed E-state index contributed by atoms with van der Waals surface area (Å²) in [6.07, 6.45) is 1.32. The molecule has 0 atom stereocenters. The third-order valence-corrected chi connectivity index (χ3v) is 4.37. The molecule has 0 saturated carbocycles. The van der Waals surface area contributed by atoms with E-state index in [4.69, 9.17) is 4.74 Å². The lowest BCUT2D eigenvalue weighted by Crippen LogP contribution is -2.54. The van der Waals surface area contributed by atoms with Gasteiger partial charge in [0.25, 0.3) is 17.5 Å². The number of ether oxygens (including phenoxy) is 1. The molecule has 0 radical (unpaired) electrons. The van der Waals surface area contributed by atoms with Crippen LogP contribution in [0.3, 0.4) is 0 Å². The van der Waals surface area contributed by atoms with E-state index in [0.29, 0.717) is 27.3 Å². The second-order valence-corrected chi connectivity index (χ2v) is 6.80. The van der Waals surface area contributed by atoms with Crippen LogP contribution in [0.2, 0.25) is 0 Å². The van der Waals surface area contributed by atoms with E-state index in [1.165, 1.54) is 24.3 Å². The predicted octanol–water partition coefficient (Wildman–Crippen LogP) is 3.42. The van der Waals surface area contributed by atoms with Crippen molar-refractivity contribution in [1.29, 1.82) is 0 Å². The highest BCUT2D eigenvalue weighted by Crippen LogP contribution is 2.27. The minimum Gasteiger partial charge on any atom is -0.494 e. The number of non-ortho nitro benzene ring substituents is 1. The van der Waals surface area contributed by atoms with E-state index in [0.717, 1.165) is 6.07 Å². The van der Waals surface area contributed by atoms with Crippen LogP contribution < -0.4 is 15.0 Å². The van der Waals surface area contributed by atoms with Crippen molar-refractivity contribution in [2.75, 3.05) is 11.5 Å². The molecule has 148 valence electrons. The number of urea groups is 1. The number of nitro benzene ring substituents is 1. The molecular formula is C19H14BrN3O6. The van der Waals surface area contributed by atoms with Gasteiger partial charge in [-0.15, -0.1) is 0 Å². The van der Waals surface area contributed by atoms with Crippen LogP contribution in [-0.2, 0) is 9.59 Å². The van der Waals surface area contributed by atoms with Crippen molar-refractivity contribution in [2.45, 2.75) is 6.92 Å². The Kier molecular flexibility index (Phi) is 5.74. The Morgan fingerprint density at radius 1 is 1.21 bits per heavy atom. The molecule has 0 aliphatic carbocycles. The molecule has 0 spiro atoms. The first-order valence-corrected chi connectivity index (χ1v) is 9.18. The van der Waals surface area contributed by atoms with E-state index in [1.807, 2.05) is 6.92 Å². The first-order valence-electron chi connectivity index (χ1n) is 8.39. The van der Waals surface area contributed by atoms with Crippen molar-refractivity contribution in [2.24, 2.45) is 0 Å². The molecule has 3 rings (SSSR count). The van der Waals surface area contributed by atoms with E-state index in [9.17, 15) is 24.5 Å². The van der Waals surface area contributed by atoms with Crippen LogP contribution in [0.5, 0.6) is 5.75 Å². The summed E-state index contributed by atoms with van der Waals surface area (Å²) in [6.45, 7) is 2.25. The first kappa shape index (κ1) is 20.2. The lowest BCUT2D eigenvalue weighted by molar-refractivity contribution is -0.384. The fourth-order valence-corrected chi connectivity index (χ4v) is 3.21. The minimum absolute atomic E-state index is 0.0238. The van der Waals surface area contributed by atoms with E-state index in [-0.39, 0.29) is 16.9 Å². The third kappa shape index (κ3) is 4.32. The van der Waals surface area contributed by atoms with E-state index in [1.54, 1.807) is 18.2 Å². The number of carbonyl (C=O) groups is 3. The van der Waals surface area contributed by atoms with Crippen LogP contribution in [0.25, 0.3) is 6.08 Å². The summed E-state index contributed by atoms with van der Waals surface area (Å²) in [5.74, 6) is -1.22. The van der Waals surface area contributed by atoms with E-state index >= 15 is 0 Å². The molecule has 0 bridgehead atoms. The fraction of sp³-hybridized carbons (Fsp3) is 0.105. The molecule has 4 amide bonds. The number of nitrogens with one attached hydrogen (secondary N) is 1. The maximum Gasteiger partial charge on any atom is 0.335 e. The molecule has 1 aliphatic heterocycles. The molecule has 10 heteroatoms. The zero-order valence-electron chi connectivity index (χ0n) is 15.0. The second kappa shape index (κ2) is 8.23. The maximum atomic E-state index is 12.9. The summed E-state index contributed by atoms with van der Waals surface area (Å²) in [5, 5.41) is 13.1. The number of rotatable bonds is 5. The average molecular weight is 460 g/mol. The number of hydrogen-bond acceptors (Lipinski definition) is 6. The Hall–Kier alpha value is -3.53. The molecule has 1 aliphatic rings. The summed E-state index contributed by atoms with van der Waals surface area (Å²) in [6, 6.07) is 9.07. The predicted molar refractivity (Wildman–Crippen MR) is 107 cm³/mol. The van der Waals surface area contributed by atoms with Crippen LogP contribution in [-0.4, -0.2) is 29.4 Å². The largest absolute Gasteiger partial charge is 0.494 e. The smallest absolute Gasteiger partial charge is 0.335 e. The normalized spacial score (nSPS) is 15.4. The number of anilines is 1. The van der Waals surface area contributed by atoms with Gasteiger partial charge in [-0.3, -0.25) is 25.0 Å². The van der Waals surface area contributed by atoms with Crippen LogP contribution in [0.4, 0.5) is 16.2 Å². The van der Waals surface area contributed by atoms with Crippen molar-refractivity contribution in [3.05, 3.63) is 68.2 Å². The van der Waals surface area contributed by atoms with Crippen molar-refractivity contribution in [3.8, 4) is 5.75 Å². The lowest BCUT2D eigenvalue weighted by atomic mass is 10.1. The minimum atomic E-state index is -0.984. The topological polar surface area (TPSA) is 119 Å². The number of imide groups is 2. The summed E-state index contributed by atoms with van der Waals surface area (Å²) < 4.78 is 6.11. The number of nitrogens with zero attached hydrogens (tertiary/aromatic N) is 2. The van der Waals surface area contributed by atoms with Gasteiger partial charge in [-0.25, -0.2) is 9.69 Å². The van der Waals surface area contributed by atoms with Crippen molar-refractivity contribution >= 4 is 51.2 Å². The van der Waals surface area contributed by atoms with Crippen LogP contribution in [0.15, 0.2) is 52.5 Å². The molecule has 1 saturated heterocycles. The van der Waals surface area contributed by atoms with Gasteiger partial charge in [-0.05, 0) is 42.8 Å². The molecule has 1 N–H and O–H groups in total. The molecule has 29 heavy (non-hydrogen) atoms. The van der Waals surface area contributed by atoms with Crippen molar-refractivity contribution < 1.29 is 24.0 Å². The summed E-state index contributed by atoms with van der Waals surface area (Å²) in [7, 11) is 0.